The lowest BCUT2D eigenvalue weighted by Gasteiger charge is -2.47. The van der Waals surface area contributed by atoms with Gasteiger partial charge in [0.2, 0.25) is 0 Å². The molecule has 0 N–H and O–H groups in total. The number of allylic oxidation sites excluding steroid dienone is 1. The monoisotopic (exact) mass is 633 g/mol. The van der Waals surface area contributed by atoms with Crippen LogP contribution in [-0.2, 0) is 11.8 Å². The van der Waals surface area contributed by atoms with E-state index in [1.54, 1.807) is 0 Å². The molecule has 1 aliphatic heterocycles. The van der Waals surface area contributed by atoms with Crippen molar-refractivity contribution in [2.45, 2.75) is 39.0 Å². The first-order valence-electron chi connectivity index (χ1n) is 17.2. The molecule has 0 spiro atoms. The van der Waals surface area contributed by atoms with Gasteiger partial charge in [-0.05, 0) is 117 Å². The Morgan fingerprint density at radius 1 is 0.551 bits per heavy atom. The second-order valence-corrected chi connectivity index (χ2v) is 13.9. The SMILES string of the molecule is Cc1ccc(N2c3ccc(C)cc3C(c3ccc4oc5c(c4c3)CCC=C5)(c3ccc4oc5ccccc5c4c3)c3cc(C)ccc32)cc1. The standard InChI is InChI=1S/C46H35NO2/c1-28-12-18-33(19-13-28)47-40-20-14-29(2)24-38(40)46(39-25-30(3)15-21-41(39)47,31-16-22-44-36(26-31)34-8-4-6-10-42(34)48-44)32-17-23-45-37(27-32)35-9-5-7-11-43(35)49-45/h4,6-8,10-27H,5,9H2,1-3H3. The van der Waals surface area contributed by atoms with Crippen molar-refractivity contribution in [2.24, 2.45) is 0 Å². The summed E-state index contributed by atoms with van der Waals surface area (Å²) >= 11 is 0. The van der Waals surface area contributed by atoms with E-state index in [4.69, 9.17) is 8.83 Å². The minimum absolute atomic E-state index is 0.640. The van der Waals surface area contributed by atoms with Crippen LogP contribution in [0.25, 0.3) is 39.0 Å². The number of fused-ring (bicyclic) bond motifs is 8. The Bertz CT molecular complexity index is 2600. The average Bonchev–Trinajstić information content (AvgIpc) is 3.69. The maximum Gasteiger partial charge on any atom is 0.135 e. The third-order valence-electron chi connectivity index (χ3n) is 10.8. The van der Waals surface area contributed by atoms with Gasteiger partial charge in [-0.3, -0.25) is 0 Å². The number of furan rings is 2. The summed E-state index contributed by atoms with van der Waals surface area (Å²) in [6, 6.07) is 45.0. The fraction of sp³-hybridized carbons (Fsp3) is 0.130. The van der Waals surface area contributed by atoms with Crippen LogP contribution < -0.4 is 4.90 Å². The van der Waals surface area contributed by atoms with Crippen LogP contribution in [0.2, 0.25) is 0 Å². The summed E-state index contributed by atoms with van der Waals surface area (Å²) in [5.74, 6) is 0.986. The van der Waals surface area contributed by atoms with Gasteiger partial charge in [0.05, 0.1) is 16.8 Å². The molecule has 8 aromatic rings. The zero-order chi connectivity index (χ0) is 32.9. The fourth-order valence-electron chi connectivity index (χ4n) is 8.50. The lowest BCUT2D eigenvalue weighted by molar-refractivity contribution is 0.595. The van der Waals surface area contributed by atoms with Crippen molar-refractivity contribution < 1.29 is 8.83 Å². The van der Waals surface area contributed by atoms with Crippen molar-refractivity contribution >= 4 is 56.0 Å². The Morgan fingerprint density at radius 2 is 1.16 bits per heavy atom. The van der Waals surface area contributed by atoms with Crippen molar-refractivity contribution in [1.29, 1.82) is 0 Å². The molecule has 0 bridgehead atoms. The summed E-state index contributed by atoms with van der Waals surface area (Å²) < 4.78 is 12.8. The summed E-state index contributed by atoms with van der Waals surface area (Å²) in [5.41, 5.74) is 15.6. The first-order chi connectivity index (χ1) is 24.0. The molecule has 0 saturated heterocycles. The molecule has 0 fully saturated rings. The van der Waals surface area contributed by atoms with Crippen molar-refractivity contribution in [3.8, 4) is 0 Å². The van der Waals surface area contributed by atoms with Crippen molar-refractivity contribution in [3.05, 3.63) is 178 Å². The Labute approximate surface area is 285 Å². The maximum atomic E-state index is 6.42. The molecule has 0 radical (unpaired) electrons. The van der Waals surface area contributed by atoms with Crippen LogP contribution in [0.15, 0.2) is 136 Å². The molecule has 0 atom stereocenters. The predicted octanol–water partition coefficient (Wildman–Crippen LogP) is 12.4. The van der Waals surface area contributed by atoms with Crippen LogP contribution in [0.4, 0.5) is 17.1 Å². The summed E-state index contributed by atoms with van der Waals surface area (Å²) in [6.45, 7) is 6.57. The van der Waals surface area contributed by atoms with Crippen LogP contribution >= 0.6 is 0 Å². The molecule has 0 unspecified atom stereocenters. The van der Waals surface area contributed by atoms with Crippen LogP contribution in [0.1, 0.15) is 56.7 Å². The molecule has 2 aliphatic rings. The van der Waals surface area contributed by atoms with Crippen LogP contribution in [0.3, 0.4) is 0 Å². The predicted molar refractivity (Wildman–Crippen MR) is 202 cm³/mol. The molecule has 49 heavy (non-hydrogen) atoms. The molecule has 3 nitrogen and oxygen atoms in total. The average molecular weight is 634 g/mol. The third-order valence-corrected chi connectivity index (χ3v) is 10.8. The van der Waals surface area contributed by atoms with Crippen molar-refractivity contribution in [3.63, 3.8) is 0 Å². The summed E-state index contributed by atoms with van der Waals surface area (Å²) in [7, 11) is 0. The van der Waals surface area contributed by atoms with Gasteiger partial charge in [0.1, 0.15) is 22.5 Å². The Balaban J connectivity index is 1.37. The van der Waals surface area contributed by atoms with Gasteiger partial charge in [-0.1, -0.05) is 89.5 Å². The Morgan fingerprint density at radius 3 is 1.88 bits per heavy atom. The van der Waals surface area contributed by atoms with Crippen LogP contribution in [-0.4, -0.2) is 0 Å². The van der Waals surface area contributed by atoms with E-state index >= 15 is 0 Å². The highest BCUT2D eigenvalue weighted by Crippen LogP contribution is 2.59. The molecule has 10 rings (SSSR count). The first kappa shape index (κ1) is 28.2. The van der Waals surface area contributed by atoms with Crippen molar-refractivity contribution in [2.75, 3.05) is 4.90 Å². The minimum Gasteiger partial charge on any atom is -0.456 e. The van der Waals surface area contributed by atoms with Crippen LogP contribution in [0, 0.1) is 20.8 Å². The van der Waals surface area contributed by atoms with E-state index in [0.29, 0.717) is 0 Å². The van der Waals surface area contributed by atoms with Gasteiger partial charge in [0, 0.05) is 27.4 Å². The lowest BCUT2D eigenvalue weighted by Crippen LogP contribution is -2.38. The maximum absolute atomic E-state index is 6.42. The Hall–Kier alpha value is -5.80. The van der Waals surface area contributed by atoms with Gasteiger partial charge in [0.25, 0.3) is 0 Å². The van der Waals surface area contributed by atoms with E-state index < -0.39 is 5.41 Å². The van der Waals surface area contributed by atoms with E-state index in [9.17, 15) is 0 Å². The number of aryl methyl sites for hydroxylation is 4. The fourth-order valence-corrected chi connectivity index (χ4v) is 8.50. The number of nitrogens with zero attached hydrogens (tertiary/aromatic N) is 1. The van der Waals surface area contributed by atoms with E-state index in [2.05, 4.69) is 153 Å². The van der Waals surface area contributed by atoms with E-state index in [1.807, 2.05) is 6.07 Å². The van der Waals surface area contributed by atoms with Gasteiger partial charge in [-0.15, -0.1) is 0 Å². The smallest absolute Gasteiger partial charge is 0.135 e. The highest BCUT2D eigenvalue weighted by atomic mass is 16.3. The highest BCUT2D eigenvalue weighted by Gasteiger charge is 2.47. The van der Waals surface area contributed by atoms with Crippen molar-refractivity contribution in [1.82, 2.24) is 0 Å². The molecule has 1 aliphatic carbocycles. The largest absolute Gasteiger partial charge is 0.456 e. The number of rotatable bonds is 3. The van der Waals surface area contributed by atoms with Crippen LogP contribution in [0.5, 0.6) is 0 Å². The van der Waals surface area contributed by atoms with E-state index in [1.165, 1.54) is 61.3 Å². The number of para-hydroxylation sites is 1. The zero-order valence-corrected chi connectivity index (χ0v) is 27.9. The molecule has 2 aromatic heterocycles. The summed E-state index contributed by atoms with van der Waals surface area (Å²) in [5, 5.41) is 3.46. The normalized spacial score (nSPS) is 14.7. The van der Waals surface area contributed by atoms with Gasteiger partial charge in [-0.2, -0.15) is 0 Å². The molecule has 6 aromatic carbocycles. The minimum atomic E-state index is -0.640. The third kappa shape index (κ3) is 4.02. The number of anilines is 3. The highest BCUT2D eigenvalue weighted by molar-refractivity contribution is 6.05. The molecule has 0 saturated carbocycles. The number of hydrogen-bond acceptors (Lipinski definition) is 3. The summed E-state index contributed by atoms with van der Waals surface area (Å²) in [4.78, 5) is 2.45. The molecule has 3 heteroatoms. The number of benzene rings is 6. The second kappa shape index (κ2) is 10.3. The van der Waals surface area contributed by atoms with Gasteiger partial charge < -0.3 is 13.7 Å². The lowest BCUT2D eigenvalue weighted by atomic mass is 9.61. The van der Waals surface area contributed by atoms with Gasteiger partial charge >= 0.3 is 0 Å². The molecule has 3 heterocycles. The van der Waals surface area contributed by atoms with Gasteiger partial charge in [-0.25, -0.2) is 0 Å². The molecule has 236 valence electrons. The quantitative estimate of drug-likeness (QED) is 0.194. The first-order valence-corrected chi connectivity index (χ1v) is 17.2. The zero-order valence-electron chi connectivity index (χ0n) is 27.9. The number of hydrogen-bond donors (Lipinski definition) is 0. The van der Waals surface area contributed by atoms with E-state index in [0.717, 1.165) is 51.8 Å². The molecule has 0 amide bonds. The Kier molecular flexibility index (Phi) is 5.96. The van der Waals surface area contributed by atoms with Gasteiger partial charge in [0.15, 0.2) is 0 Å². The molecular weight excluding hydrogens is 599 g/mol. The second-order valence-electron chi connectivity index (χ2n) is 13.9. The summed E-state index contributed by atoms with van der Waals surface area (Å²) in [6.07, 6.45) is 6.37. The molecular formula is C46H35NO2. The topological polar surface area (TPSA) is 29.5 Å². The van der Waals surface area contributed by atoms with E-state index in [-0.39, 0.29) is 0 Å².